The van der Waals surface area contributed by atoms with Gasteiger partial charge < -0.3 is 0 Å². The van der Waals surface area contributed by atoms with Gasteiger partial charge in [-0.05, 0) is 0 Å². The molecular formula is C6H20I3V-. The summed E-state index contributed by atoms with van der Waals surface area (Å²) in [6.07, 6.45) is 1.25. The van der Waals surface area contributed by atoms with E-state index in [2.05, 4.69) is 51.1 Å². The Morgan fingerprint density at radius 2 is 1.50 bits per heavy atom. The molecule has 0 aliphatic carbocycles. The smallest absolute Gasteiger partial charge is 0.0228 e. The van der Waals surface area contributed by atoms with Gasteiger partial charge in [-0.1, -0.05) is 41.5 Å². The molecule has 0 heterocycles. The number of hydrogen-bond donors (Lipinski definition) is 0. The standard InChI is InChI=1S/C3H8.C2H6.CH4.I3.V.H2/c1-3-2;1-2;;1-3-2;;/h3H2,1-2H3;1-2H3;1H4;;;1H/q;;;-1;;/i;1T;;;;1+2. The van der Waals surface area contributed by atoms with Crippen LogP contribution in [0.3, 0.4) is 0 Å². The second-order valence-electron chi connectivity index (χ2n) is 0.761. The summed E-state index contributed by atoms with van der Waals surface area (Å²) in [6, 6.07) is 0. The average Bonchev–Trinajstić information content (AvgIpc) is 1.70. The van der Waals surface area contributed by atoms with Crippen molar-refractivity contribution >= 4 is 37.2 Å². The van der Waals surface area contributed by atoms with Gasteiger partial charge in [0.2, 0.25) is 0 Å². The Morgan fingerprint density at radius 1 is 1.50 bits per heavy atom. The molecule has 0 atom stereocenters. The van der Waals surface area contributed by atoms with Crippen molar-refractivity contribution in [1.29, 1.82) is 0 Å². The number of rotatable bonds is 0. The molecule has 10 heavy (non-hydrogen) atoms. The molecule has 0 aliphatic heterocycles. The van der Waals surface area contributed by atoms with Crippen LogP contribution < -0.4 is 13.3 Å². The van der Waals surface area contributed by atoms with Gasteiger partial charge in [-0.2, -0.15) is 0 Å². The minimum absolute atomic E-state index is 0. The van der Waals surface area contributed by atoms with E-state index in [1.807, 2.05) is 0 Å². The third kappa shape index (κ3) is 134. The van der Waals surface area contributed by atoms with Gasteiger partial charge in [-0.3, -0.25) is 0 Å². The quantitative estimate of drug-likeness (QED) is 0.424. The minimum atomic E-state index is 0. The van der Waals surface area contributed by atoms with E-state index >= 15 is 0 Å². The van der Waals surface area contributed by atoms with Gasteiger partial charge in [0.15, 0.2) is 0 Å². The first kappa shape index (κ1) is 23.0. The maximum atomic E-state index is 6.21. The van der Waals surface area contributed by atoms with Crippen LogP contribution in [-0.4, -0.2) is 0 Å². The van der Waals surface area contributed by atoms with Crippen molar-refractivity contribution in [2.45, 2.75) is 41.5 Å². The fourth-order valence-electron chi connectivity index (χ4n) is 0. The zero-order valence-corrected chi connectivity index (χ0v) is 13.9. The van der Waals surface area contributed by atoms with E-state index in [1.165, 1.54) is 6.42 Å². The molecule has 4 heteroatoms. The van der Waals surface area contributed by atoms with Gasteiger partial charge in [0.25, 0.3) is 0 Å². The molecule has 0 N–H and O–H groups in total. The summed E-state index contributed by atoms with van der Waals surface area (Å²) in [5.41, 5.74) is 0. The second kappa shape index (κ2) is 60.0. The second-order valence-corrected chi connectivity index (χ2v) is 17.0. The van der Waals surface area contributed by atoms with Crippen LogP contribution in [0.25, 0.3) is 0 Å². The van der Waals surface area contributed by atoms with Gasteiger partial charge >= 0.3 is 50.5 Å². The number of hydrogen-bond acceptors (Lipinski definition) is 0. The molecule has 0 aromatic heterocycles. The van der Waals surface area contributed by atoms with Crippen LogP contribution in [0.5, 0.6) is 0 Å². The molecule has 0 aliphatic rings. The predicted molar refractivity (Wildman–Crippen MR) is 64.2 cm³/mol. The van der Waals surface area contributed by atoms with Crippen LogP contribution in [0.2, 0.25) is 0 Å². The van der Waals surface area contributed by atoms with Crippen LogP contribution in [0.1, 0.15) is 44.3 Å². The predicted octanol–water partition coefficient (Wildman–Crippen LogP) is 2.10. The van der Waals surface area contributed by atoms with Crippen molar-refractivity contribution < 1.29 is 34.6 Å². The summed E-state index contributed by atoms with van der Waals surface area (Å²) in [5, 5.41) is 0. The molecule has 0 rings (SSSR count). The van der Waals surface area contributed by atoms with Crippen LogP contribution in [0, 0.1) is 0 Å². The summed E-state index contributed by atoms with van der Waals surface area (Å²) >= 11 is 5.30. The summed E-state index contributed by atoms with van der Waals surface area (Å²) in [6.45, 7) is 6.54. The van der Waals surface area contributed by atoms with Crippen molar-refractivity contribution in [3.8, 4) is 0 Å². The Labute approximate surface area is 111 Å². The number of halogens is 3. The molecule has 0 nitrogen and oxygen atoms in total. The summed E-state index contributed by atoms with van der Waals surface area (Å²) in [7, 11) is 0. The van der Waals surface area contributed by atoms with Crippen LogP contribution >= 0.6 is 37.2 Å². The Hall–Kier alpha value is 2.77. The minimum Gasteiger partial charge on any atom is -0.0683 e. The van der Waals surface area contributed by atoms with Crippen LogP contribution in [-0.2, 0) is 18.6 Å². The van der Waals surface area contributed by atoms with E-state index < -0.39 is 0 Å². The zero-order valence-electron chi connectivity index (χ0n) is 7.00. The third-order valence-electron chi connectivity index (χ3n) is 0. The first-order chi connectivity index (χ1) is 4.24. The molecule has 0 bridgehead atoms. The maximum Gasteiger partial charge on any atom is 0.0228 e. The molecule has 0 fully saturated rings. The molecular weight excluding hydrogens is 504 g/mol. The Morgan fingerprint density at radius 3 is 1.50 bits per heavy atom. The Balaban J connectivity index is -0.00000001000. The van der Waals surface area contributed by atoms with Gasteiger partial charge in [0.05, 0.1) is 0 Å². The van der Waals surface area contributed by atoms with Crippen molar-refractivity contribution in [1.82, 2.24) is 0 Å². The normalized spacial score (nSPS) is 5.90. The Bertz CT molecular complexity index is 25.5. The fourth-order valence-corrected chi connectivity index (χ4v) is 0. The van der Waals surface area contributed by atoms with Crippen molar-refractivity contribution in [3.63, 3.8) is 0 Å². The monoisotopic (exact) mass is 528 g/mol. The largest absolute Gasteiger partial charge is 0.0683 e. The summed E-state index contributed by atoms with van der Waals surface area (Å²) in [4.78, 5) is 0. The Kier molecular flexibility index (Phi) is 138. The van der Waals surface area contributed by atoms with Crippen molar-refractivity contribution in [2.24, 2.45) is 0 Å². The average molecular weight is 528 g/mol. The molecule has 0 spiro atoms. The van der Waals surface area contributed by atoms with Gasteiger partial charge in [-0.15, -0.1) is 0 Å². The molecule has 0 aromatic rings. The molecule has 0 aromatic carbocycles. The maximum absolute atomic E-state index is 6.21. The molecule has 1 radical (unpaired) electrons. The van der Waals surface area contributed by atoms with E-state index in [-0.39, 0.29) is 27.4 Å². The van der Waals surface area contributed by atoms with Gasteiger partial charge in [-0.25, -0.2) is 0 Å². The molecule has 0 unspecified atom stereocenters. The third-order valence-corrected chi connectivity index (χ3v) is 0. The van der Waals surface area contributed by atoms with Crippen molar-refractivity contribution in [2.75, 3.05) is 0 Å². The molecule has 71 valence electrons. The zero-order chi connectivity index (χ0) is 8.12. The van der Waals surface area contributed by atoms with E-state index in [1.54, 1.807) is 6.92 Å². The molecule has 0 amide bonds. The SMILES string of the molecule is C.CCC.I[I-]I.[3HH].[3H]CC.[V]. The van der Waals surface area contributed by atoms with Crippen LogP contribution in [0.4, 0.5) is 0 Å². The van der Waals surface area contributed by atoms with E-state index in [0.717, 1.165) is 0 Å². The molecule has 0 saturated heterocycles. The first-order valence-corrected chi connectivity index (χ1v) is 15.0. The summed E-state index contributed by atoms with van der Waals surface area (Å²) in [5.74, 6) is 0. The van der Waals surface area contributed by atoms with E-state index in [4.69, 9.17) is 1.37 Å². The van der Waals surface area contributed by atoms with Crippen LogP contribution in [0.15, 0.2) is 0 Å². The van der Waals surface area contributed by atoms with Crippen molar-refractivity contribution in [3.05, 3.63) is 0 Å². The topological polar surface area (TPSA) is 0 Å². The molecule has 0 saturated carbocycles. The van der Waals surface area contributed by atoms with Gasteiger partial charge in [0.1, 0.15) is 0 Å². The van der Waals surface area contributed by atoms with Gasteiger partial charge in [0, 0.05) is 21.4 Å². The fraction of sp³-hybridized carbons (Fsp3) is 1.00. The van der Waals surface area contributed by atoms with E-state index in [0.29, 0.717) is 20.2 Å². The van der Waals surface area contributed by atoms with E-state index in [9.17, 15) is 0 Å². The first-order valence-electron chi connectivity index (χ1n) is 3.11. The summed E-state index contributed by atoms with van der Waals surface area (Å²) < 4.78 is 6.21.